The summed E-state index contributed by atoms with van der Waals surface area (Å²) >= 11 is 0. The Labute approximate surface area is 175 Å². The van der Waals surface area contributed by atoms with Gasteiger partial charge in [0.15, 0.2) is 5.54 Å². The Bertz CT molecular complexity index is 1100. The summed E-state index contributed by atoms with van der Waals surface area (Å²) in [5, 5.41) is 15.3. The van der Waals surface area contributed by atoms with Crippen LogP contribution >= 0.6 is 0 Å². The lowest BCUT2D eigenvalue weighted by Gasteiger charge is -2.26. The number of aliphatic imine (C=N–C) groups is 2. The first-order valence-electron chi connectivity index (χ1n) is 9.14. The molecule has 11 heteroatoms. The van der Waals surface area contributed by atoms with Crippen molar-refractivity contribution in [2.24, 2.45) is 9.98 Å². The van der Waals surface area contributed by atoms with Gasteiger partial charge in [-0.2, -0.15) is 8.78 Å². The molecule has 2 aromatic carbocycles. The lowest BCUT2D eigenvalue weighted by Crippen LogP contribution is -2.47. The van der Waals surface area contributed by atoms with Crippen molar-refractivity contribution >= 4 is 23.7 Å². The fourth-order valence-corrected chi connectivity index (χ4v) is 3.42. The van der Waals surface area contributed by atoms with Crippen LogP contribution in [-0.4, -0.2) is 53.9 Å². The molecule has 0 saturated heterocycles. The number of aromatic hydroxyl groups is 1. The first-order chi connectivity index (χ1) is 14.8. The van der Waals surface area contributed by atoms with Crippen LogP contribution in [-0.2, 0) is 15.1 Å². The number of phenolic OH excluding ortho intramolecular Hbond substituents is 1. The molecular weight excluding hydrogens is 412 g/mol. The highest BCUT2D eigenvalue weighted by Gasteiger charge is 2.50. The number of ether oxygens (including phenoxy) is 1. The van der Waals surface area contributed by atoms with E-state index in [2.05, 4.69) is 25.4 Å². The van der Waals surface area contributed by atoms with Gasteiger partial charge in [-0.3, -0.25) is 25.1 Å². The maximum atomic E-state index is 13.5. The van der Waals surface area contributed by atoms with E-state index in [0.717, 1.165) is 0 Å². The molecule has 2 amide bonds. The topological polar surface area (TPSA) is 116 Å². The maximum absolute atomic E-state index is 13.5. The zero-order valence-electron chi connectivity index (χ0n) is 16.2. The van der Waals surface area contributed by atoms with E-state index in [9.17, 15) is 23.5 Å². The van der Waals surface area contributed by atoms with Crippen molar-refractivity contribution in [2.45, 2.75) is 12.2 Å². The quantitative estimate of drug-likeness (QED) is 0.674. The van der Waals surface area contributed by atoms with Gasteiger partial charge in [-0.15, -0.1) is 0 Å². The number of hydrogen-bond donors (Lipinski definition) is 3. The number of likely N-dealkylation sites (N-methyl/N-ethyl adjacent to an activating group) is 1. The average Bonchev–Trinajstić information content (AvgIpc) is 3.25. The second-order valence-electron chi connectivity index (χ2n) is 6.80. The molecule has 4 rings (SSSR count). The Kier molecular flexibility index (Phi) is 5.01. The fourth-order valence-electron chi connectivity index (χ4n) is 3.42. The number of halogens is 2. The van der Waals surface area contributed by atoms with E-state index in [1.54, 1.807) is 12.1 Å². The van der Waals surface area contributed by atoms with E-state index in [0.29, 0.717) is 11.1 Å². The van der Waals surface area contributed by atoms with E-state index in [-0.39, 0.29) is 35.9 Å². The molecule has 160 valence electrons. The highest BCUT2D eigenvalue weighted by Crippen LogP contribution is 2.41. The standard InChI is InChI=1S/C20H17F2N5O4/c1-27-16(30)20(12-3-2-4-13(28)9-12,11-5-7-14(8-6-11)31-17(21)22)26-19(27)25-18-23-10-15(29)24-18/h2-9,17,28H,10H2,1H3,(H2,23,24,25,26,29). The van der Waals surface area contributed by atoms with Gasteiger partial charge in [-0.25, -0.2) is 9.98 Å². The van der Waals surface area contributed by atoms with Gasteiger partial charge >= 0.3 is 6.61 Å². The van der Waals surface area contributed by atoms with Crippen molar-refractivity contribution < 1.29 is 28.2 Å². The van der Waals surface area contributed by atoms with E-state index in [1.165, 1.54) is 48.3 Å². The number of guanidine groups is 2. The van der Waals surface area contributed by atoms with Gasteiger partial charge in [0.25, 0.3) is 5.91 Å². The van der Waals surface area contributed by atoms with Crippen molar-refractivity contribution in [3.05, 3.63) is 59.7 Å². The second-order valence-corrected chi connectivity index (χ2v) is 6.80. The van der Waals surface area contributed by atoms with E-state index >= 15 is 0 Å². The van der Waals surface area contributed by atoms with Crippen LogP contribution in [0.4, 0.5) is 8.78 Å². The van der Waals surface area contributed by atoms with Crippen molar-refractivity contribution in [1.82, 2.24) is 15.5 Å². The molecule has 2 aliphatic rings. The fraction of sp³-hybridized carbons (Fsp3) is 0.200. The van der Waals surface area contributed by atoms with Gasteiger partial charge in [0.05, 0.1) is 0 Å². The summed E-state index contributed by atoms with van der Waals surface area (Å²) in [5.74, 6) is -0.655. The monoisotopic (exact) mass is 429 g/mol. The summed E-state index contributed by atoms with van der Waals surface area (Å²) in [6.45, 7) is -3.03. The number of nitrogens with one attached hydrogen (secondary N) is 2. The lowest BCUT2D eigenvalue weighted by molar-refractivity contribution is -0.129. The Morgan fingerprint density at radius 1 is 1.19 bits per heavy atom. The van der Waals surface area contributed by atoms with Crippen molar-refractivity contribution in [3.63, 3.8) is 0 Å². The molecule has 0 aliphatic carbocycles. The van der Waals surface area contributed by atoms with Crippen LogP contribution in [0.2, 0.25) is 0 Å². The predicted molar refractivity (Wildman–Crippen MR) is 106 cm³/mol. The summed E-state index contributed by atoms with van der Waals surface area (Å²) in [5.41, 5.74) is -0.880. The smallest absolute Gasteiger partial charge is 0.387 e. The molecule has 2 heterocycles. The van der Waals surface area contributed by atoms with Crippen LogP contribution in [0.25, 0.3) is 0 Å². The summed E-state index contributed by atoms with van der Waals surface area (Å²) < 4.78 is 29.4. The average molecular weight is 429 g/mol. The van der Waals surface area contributed by atoms with Gasteiger partial charge < -0.3 is 9.84 Å². The third-order valence-electron chi connectivity index (χ3n) is 4.84. The Morgan fingerprint density at radius 2 is 1.94 bits per heavy atom. The van der Waals surface area contributed by atoms with E-state index < -0.39 is 18.1 Å². The van der Waals surface area contributed by atoms with Crippen LogP contribution in [0.5, 0.6) is 11.5 Å². The molecule has 1 atom stereocenters. The van der Waals surface area contributed by atoms with Crippen LogP contribution in [0, 0.1) is 0 Å². The number of nitrogens with zero attached hydrogens (tertiary/aromatic N) is 3. The molecular formula is C20H17F2N5O4. The number of amides is 2. The molecule has 2 aliphatic heterocycles. The number of hydrogen-bond acceptors (Lipinski definition) is 7. The molecule has 0 aromatic heterocycles. The molecule has 31 heavy (non-hydrogen) atoms. The molecule has 3 N–H and O–H groups in total. The number of carbonyl (C=O) groups excluding carboxylic acids is 2. The second kappa shape index (κ2) is 7.67. The first kappa shape index (κ1) is 20.3. The van der Waals surface area contributed by atoms with Gasteiger partial charge in [0.1, 0.15) is 18.0 Å². The Morgan fingerprint density at radius 3 is 2.55 bits per heavy atom. The molecule has 0 fully saturated rings. The minimum atomic E-state index is -2.98. The summed E-state index contributed by atoms with van der Waals surface area (Å²) in [6, 6.07) is 11.6. The van der Waals surface area contributed by atoms with Gasteiger partial charge in [-0.1, -0.05) is 24.3 Å². The van der Waals surface area contributed by atoms with Gasteiger partial charge in [-0.05, 0) is 35.4 Å². The number of carbonyl (C=O) groups is 2. The van der Waals surface area contributed by atoms with E-state index in [4.69, 9.17) is 0 Å². The molecule has 0 saturated carbocycles. The minimum absolute atomic E-state index is 0.0451. The number of alkyl halides is 2. The van der Waals surface area contributed by atoms with Crippen LogP contribution < -0.4 is 15.4 Å². The van der Waals surface area contributed by atoms with Crippen LogP contribution in [0.15, 0.2) is 58.5 Å². The summed E-state index contributed by atoms with van der Waals surface area (Å²) in [7, 11) is 1.49. The maximum Gasteiger partial charge on any atom is 0.387 e. The van der Waals surface area contributed by atoms with Crippen molar-refractivity contribution in [3.8, 4) is 11.5 Å². The zero-order chi connectivity index (χ0) is 22.2. The third kappa shape index (κ3) is 3.65. The van der Waals surface area contributed by atoms with Crippen LogP contribution in [0.3, 0.4) is 0 Å². The third-order valence-corrected chi connectivity index (χ3v) is 4.84. The normalized spacial score (nSPS) is 20.6. The van der Waals surface area contributed by atoms with Gasteiger partial charge in [0.2, 0.25) is 17.8 Å². The molecule has 9 nitrogen and oxygen atoms in total. The molecule has 0 bridgehead atoms. The van der Waals surface area contributed by atoms with Crippen molar-refractivity contribution in [1.29, 1.82) is 0 Å². The Balaban J connectivity index is 1.81. The summed E-state index contributed by atoms with van der Waals surface area (Å²) in [4.78, 5) is 34.7. The highest BCUT2D eigenvalue weighted by molar-refractivity contribution is 6.16. The molecule has 2 aromatic rings. The number of phenols is 1. The number of benzene rings is 2. The molecule has 0 radical (unpaired) electrons. The zero-order valence-corrected chi connectivity index (χ0v) is 16.2. The van der Waals surface area contributed by atoms with Crippen LogP contribution in [0.1, 0.15) is 11.1 Å². The predicted octanol–water partition coefficient (Wildman–Crippen LogP) is 1.14. The molecule has 1 unspecified atom stereocenters. The molecule has 0 spiro atoms. The summed E-state index contributed by atoms with van der Waals surface area (Å²) in [6.07, 6.45) is 0. The number of rotatable bonds is 4. The Hall–Kier alpha value is -4.02. The minimum Gasteiger partial charge on any atom is -0.508 e. The van der Waals surface area contributed by atoms with Gasteiger partial charge in [0, 0.05) is 7.05 Å². The highest BCUT2D eigenvalue weighted by atomic mass is 19.3. The largest absolute Gasteiger partial charge is 0.508 e. The lowest BCUT2D eigenvalue weighted by atomic mass is 9.82. The van der Waals surface area contributed by atoms with E-state index in [1.807, 2.05) is 0 Å². The van der Waals surface area contributed by atoms with Crippen molar-refractivity contribution in [2.75, 3.05) is 13.6 Å². The SMILES string of the molecule is CN1C(=O)C(c2ccc(OC(F)F)cc2)(c2cccc(O)c2)N=C1NC1=NCC(=O)N1. The first-order valence-corrected chi connectivity index (χ1v) is 9.14.